The molecule has 1 aromatic carbocycles. The van der Waals surface area contributed by atoms with Crippen molar-refractivity contribution in [1.82, 2.24) is 4.98 Å². The molecule has 0 radical (unpaired) electrons. The molecule has 0 fully saturated rings. The third-order valence-corrected chi connectivity index (χ3v) is 3.73. The minimum Gasteiger partial charge on any atom is -0.494 e. The summed E-state index contributed by atoms with van der Waals surface area (Å²) >= 11 is 8.91. The van der Waals surface area contributed by atoms with E-state index in [1.807, 2.05) is 24.3 Å². The van der Waals surface area contributed by atoms with Gasteiger partial charge in [0.15, 0.2) is 0 Å². The zero-order valence-corrected chi connectivity index (χ0v) is 15.0. The van der Waals surface area contributed by atoms with E-state index < -0.39 is 5.97 Å². The number of hydrogen-bond donors (Lipinski definition) is 0. The fourth-order valence-electron chi connectivity index (χ4n) is 1.86. The van der Waals surface area contributed by atoms with Gasteiger partial charge in [0.1, 0.15) is 11.4 Å². The summed E-state index contributed by atoms with van der Waals surface area (Å²) in [5.74, 6) is 1.30. The van der Waals surface area contributed by atoms with Gasteiger partial charge in [0.25, 0.3) is 0 Å². The summed E-state index contributed by atoms with van der Waals surface area (Å²) in [4.78, 5) is 16.2. The van der Waals surface area contributed by atoms with E-state index in [2.05, 4.69) is 20.9 Å². The predicted octanol–water partition coefficient (Wildman–Crippen LogP) is 4.42. The average Bonchev–Trinajstić information content (AvgIpc) is 3.00. The first-order valence-electron chi connectivity index (χ1n) is 7.21. The van der Waals surface area contributed by atoms with Gasteiger partial charge in [-0.25, -0.2) is 9.78 Å². The molecule has 1 heterocycles. The second kappa shape index (κ2) is 8.93. The lowest BCUT2D eigenvalue weighted by atomic mass is 10.2. The van der Waals surface area contributed by atoms with Gasteiger partial charge in [0.2, 0.25) is 11.7 Å². The molecule has 0 atom stereocenters. The number of nitrogens with zero attached hydrogens (tertiary/aromatic N) is 1. The minimum atomic E-state index is -0.512. The Hall–Kier alpha value is -1.53. The Balaban J connectivity index is 2.16. The summed E-state index contributed by atoms with van der Waals surface area (Å²) in [6.07, 6.45) is 0.792. The maximum absolute atomic E-state index is 11.9. The van der Waals surface area contributed by atoms with E-state index in [-0.39, 0.29) is 12.4 Å². The third kappa shape index (κ3) is 4.72. The van der Waals surface area contributed by atoms with Crippen molar-refractivity contribution in [3.05, 3.63) is 35.7 Å². The quantitative estimate of drug-likeness (QED) is 0.371. The number of ether oxygens (including phenoxy) is 2. The number of oxazole rings is 1. The van der Waals surface area contributed by atoms with Gasteiger partial charge >= 0.3 is 5.97 Å². The van der Waals surface area contributed by atoms with Gasteiger partial charge in [0.05, 0.1) is 13.2 Å². The Morgan fingerprint density at radius 3 is 2.70 bits per heavy atom. The van der Waals surface area contributed by atoms with Crippen molar-refractivity contribution in [2.75, 3.05) is 19.1 Å². The van der Waals surface area contributed by atoms with Gasteiger partial charge in [-0.1, -0.05) is 15.9 Å². The fraction of sp³-hybridized carbons (Fsp3) is 0.375. The maximum atomic E-state index is 11.9. The van der Waals surface area contributed by atoms with Crippen LogP contribution >= 0.6 is 27.5 Å². The third-order valence-electron chi connectivity index (χ3n) is 2.93. The lowest BCUT2D eigenvalue weighted by Gasteiger charge is -2.04. The molecule has 0 saturated carbocycles. The van der Waals surface area contributed by atoms with Crippen LogP contribution in [0.3, 0.4) is 0 Å². The molecule has 0 N–H and O–H groups in total. The van der Waals surface area contributed by atoms with Crippen LogP contribution in [0.4, 0.5) is 0 Å². The molecule has 2 rings (SSSR count). The summed E-state index contributed by atoms with van der Waals surface area (Å²) in [5.41, 5.74) is 1.27. The average molecular weight is 403 g/mol. The minimum absolute atomic E-state index is 0.126. The van der Waals surface area contributed by atoms with Crippen LogP contribution in [0.5, 0.6) is 5.75 Å². The first-order valence-corrected chi connectivity index (χ1v) is 8.87. The number of halogens is 2. The first kappa shape index (κ1) is 17.8. The molecule has 0 amide bonds. The van der Waals surface area contributed by atoms with Crippen LogP contribution in [0.1, 0.15) is 29.6 Å². The molecule has 0 unspecified atom stereocenters. The number of esters is 1. The molecule has 0 spiro atoms. The number of benzene rings is 1. The van der Waals surface area contributed by atoms with Crippen LogP contribution in [-0.2, 0) is 10.1 Å². The number of aromatic nitrogens is 1. The normalized spacial score (nSPS) is 10.6. The van der Waals surface area contributed by atoms with E-state index >= 15 is 0 Å². The van der Waals surface area contributed by atoms with Crippen molar-refractivity contribution < 1.29 is 18.7 Å². The van der Waals surface area contributed by atoms with E-state index in [0.717, 1.165) is 17.7 Å². The molecule has 2 aromatic rings. The molecule has 7 heteroatoms. The van der Waals surface area contributed by atoms with E-state index in [0.29, 0.717) is 29.4 Å². The molecular weight excluding hydrogens is 386 g/mol. The van der Waals surface area contributed by atoms with Crippen molar-refractivity contribution in [1.29, 1.82) is 0 Å². The molecular formula is C16H17BrClNO4. The molecule has 124 valence electrons. The van der Waals surface area contributed by atoms with Crippen LogP contribution in [0.2, 0.25) is 0 Å². The largest absolute Gasteiger partial charge is 0.494 e. The van der Waals surface area contributed by atoms with Gasteiger partial charge in [0, 0.05) is 16.8 Å². The smallest absolute Gasteiger partial charge is 0.376 e. The number of carbonyl (C=O) groups is 1. The SMILES string of the molecule is CCOC(=O)c1oc(-c2ccc(OCCCCl)cc2)nc1CBr. The highest BCUT2D eigenvalue weighted by Gasteiger charge is 2.21. The van der Waals surface area contributed by atoms with Crippen molar-refractivity contribution in [3.63, 3.8) is 0 Å². The summed E-state index contributed by atoms with van der Waals surface area (Å²) in [7, 11) is 0. The molecule has 1 aromatic heterocycles. The lowest BCUT2D eigenvalue weighted by Crippen LogP contribution is -2.05. The molecule has 5 nitrogen and oxygen atoms in total. The van der Waals surface area contributed by atoms with Crippen LogP contribution in [0.15, 0.2) is 28.7 Å². The Morgan fingerprint density at radius 2 is 2.09 bits per heavy atom. The maximum Gasteiger partial charge on any atom is 0.376 e. The Bertz CT molecular complexity index is 642. The number of rotatable bonds is 8. The molecule has 0 aliphatic carbocycles. The number of carbonyl (C=O) groups excluding carboxylic acids is 1. The molecule has 0 aliphatic rings. The molecule has 23 heavy (non-hydrogen) atoms. The molecule has 0 aliphatic heterocycles. The summed E-state index contributed by atoms with van der Waals surface area (Å²) in [6.45, 7) is 2.60. The first-order chi connectivity index (χ1) is 11.2. The Kier molecular flexibility index (Phi) is 6.92. The second-order valence-electron chi connectivity index (χ2n) is 4.56. The highest BCUT2D eigenvalue weighted by atomic mass is 79.9. The topological polar surface area (TPSA) is 61.6 Å². The highest BCUT2D eigenvalue weighted by molar-refractivity contribution is 9.08. The number of hydrogen-bond acceptors (Lipinski definition) is 5. The summed E-state index contributed by atoms with van der Waals surface area (Å²) in [5, 5.41) is 0.407. The Labute approximate surface area is 148 Å². The van der Waals surface area contributed by atoms with Crippen molar-refractivity contribution in [2.45, 2.75) is 18.7 Å². The van der Waals surface area contributed by atoms with Crippen LogP contribution in [0.25, 0.3) is 11.5 Å². The summed E-state index contributed by atoms with van der Waals surface area (Å²) < 4.78 is 16.1. The Morgan fingerprint density at radius 1 is 1.35 bits per heavy atom. The highest BCUT2D eigenvalue weighted by Crippen LogP contribution is 2.26. The molecule has 0 saturated heterocycles. The molecule has 0 bridgehead atoms. The van der Waals surface area contributed by atoms with Crippen LogP contribution in [0, 0.1) is 0 Å². The fourth-order valence-corrected chi connectivity index (χ4v) is 2.35. The van der Waals surface area contributed by atoms with E-state index in [1.165, 1.54) is 0 Å². The van der Waals surface area contributed by atoms with Crippen molar-refractivity contribution >= 4 is 33.5 Å². The van der Waals surface area contributed by atoms with Gasteiger partial charge in [-0.05, 0) is 37.6 Å². The van der Waals surface area contributed by atoms with Gasteiger partial charge in [-0.2, -0.15) is 0 Å². The van der Waals surface area contributed by atoms with E-state index in [4.69, 9.17) is 25.5 Å². The van der Waals surface area contributed by atoms with Crippen molar-refractivity contribution in [3.8, 4) is 17.2 Å². The predicted molar refractivity (Wildman–Crippen MR) is 91.4 cm³/mol. The monoisotopic (exact) mass is 401 g/mol. The van der Waals surface area contributed by atoms with Gasteiger partial charge < -0.3 is 13.9 Å². The van der Waals surface area contributed by atoms with E-state index in [9.17, 15) is 4.79 Å². The van der Waals surface area contributed by atoms with Crippen LogP contribution < -0.4 is 4.74 Å². The zero-order chi connectivity index (χ0) is 16.7. The standard InChI is InChI=1S/C16H17BrClNO4/c1-2-21-16(20)14-13(10-17)19-15(23-14)11-4-6-12(7-5-11)22-9-3-8-18/h4-7H,2-3,8-10H2,1H3. The summed E-state index contributed by atoms with van der Waals surface area (Å²) in [6, 6.07) is 7.31. The van der Waals surface area contributed by atoms with Gasteiger partial charge in [-0.15, -0.1) is 11.6 Å². The lowest BCUT2D eigenvalue weighted by molar-refractivity contribution is 0.0490. The van der Waals surface area contributed by atoms with E-state index in [1.54, 1.807) is 6.92 Å². The number of alkyl halides is 2. The second-order valence-corrected chi connectivity index (χ2v) is 5.50. The van der Waals surface area contributed by atoms with Crippen molar-refractivity contribution in [2.24, 2.45) is 0 Å². The van der Waals surface area contributed by atoms with Crippen LogP contribution in [-0.4, -0.2) is 30.0 Å². The zero-order valence-electron chi connectivity index (χ0n) is 12.7. The van der Waals surface area contributed by atoms with Gasteiger partial charge in [-0.3, -0.25) is 0 Å².